The van der Waals surface area contributed by atoms with Crippen molar-refractivity contribution in [2.75, 3.05) is 0 Å². The zero-order valence-electron chi connectivity index (χ0n) is 15.7. The molecule has 5 nitrogen and oxygen atoms in total. The summed E-state index contributed by atoms with van der Waals surface area (Å²) in [5.41, 5.74) is 1.10. The highest BCUT2D eigenvalue weighted by molar-refractivity contribution is 5.70. The molecule has 0 aromatic carbocycles. The zero-order valence-corrected chi connectivity index (χ0v) is 15.7. The predicted octanol–water partition coefficient (Wildman–Crippen LogP) is 3.32. The number of aryl methyl sites for hydroxylation is 1. The number of furan rings is 1. The Hall–Kier alpha value is -1.33. The smallest absolute Gasteiger partial charge is 0.306 e. The minimum Gasteiger partial charge on any atom is -0.469 e. The van der Waals surface area contributed by atoms with Gasteiger partial charge in [0.2, 0.25) is 0 Å². The lowest BCUT2D eigenvalue weighted by atomic mass is 9.53. The Balaban J connectivity index is 1.79. The Labute approximate surface area is 148 Å². The molecule has 1 aromatic heterocycles. The average molecular weight is 348 g/mol. The fourth-order valence-electron chi connectivity index (χ4n) is 5.18. The molecule has 1 N–H and O–H groups in total. The second-order valence-corrected chi connectivity index (χ2v) is 8.77. The van der Waals surface area contributed by atoms with Gasteiger partial charge < -0.3 is 19.0 Å². The molecule has 0 radical (unpaired) electrons. The van der Waals surface area contributed by atoms with Crippen LogP contribution < -0.4 is 0 Å². The molecule has 2 heterocycles. The Morgan fingerprint density at radius 2 is 2.20 bits per heavy atom. The third-order valence-corrected chi connectivity index (χ3v) is 6.86. The fraction of sp³-hybridized carbons (Fsp3) is 0.750. The van der Waals surface area contributed by atoms with Crippen molar-refractivity contribution < 1.29 is 23.8 Å². The molecule has 3 aliphatic rings. The van der Waals surface area contributed by atoms with Crippen molar-refractivity contribution >= 4 is 5.97 Å². The lowest BCUT2D eigenvalue weighted by Gasteiger charge is -2.52. The highest BCUT2D eigenvalue weighted by Gasteiger charge is 2.77. The second kappa shape index (κ2) is 5.34. The van der Waals surface area contributed by atoms with Gasteiger partial charge in [0, 0.05) is 30.2 Å². The van der Waals surface area contributed by atoms with E-state index < -0.39 is 23.2 Å². The molecule has 1 saturated heterocycles. The maximum Gasteiger partial charge on any atom is 0.306 e. The summed E-state index contributed by atoms with van der Waals surface area (Å²) in [6, 6.07) is 0. The topological polar surface area (TPSA) is 72.2 Å². The fourth-order valence-corrected chi connectivity index (χ4v) is 5.18. The van der Waals surface area contributed by atoms with E-state index in [2.05, 4.69) is 6.92 Å². The molecule has 6 unspecified atom stereocenters. The van der Waals surface area contributed by atoms with Crippen LogP contribution in [0, 0.1) is 24.2 Å². The van der Waals surface area contributed by atoms with Crippen LogP contribution in [0.5, 0.6) is 0 Å². The molecule has 1 spiro atoms. The summed E-state index contributed by atoms with van der Waals surface area (Å²) in [6.45, 7) is 10.2. The SMILES string of the molecule is Cc1coc2c1C(OC(=O)CC(C)C)C1(C)C(C)C(O)CC3OC31C2. The average Bonchev–Trinajstić information content (AvgIpc) is 3.09. The molecule has 138 valence electrons. The molecule has 25 heavy (non-hydrogen) atoms. The molecule has 1 saturated carbocycles. The van der Waals surface area contributed by atoms with Crippen LogP contribution in [0.4, 0.5) is 0 Å². The van der Waals surface area contributed by atoms with E-state index in [1.807, 2.05) is 27.7 Å². The van der Waals surface area contributed by atoms with Crippen LogP contribution in [0.25, 0.3) is 0 Å². The van der Waals surface area contributed by atoms with Crippen LogP contribution in [-0.2, 0) is 20.7 Å². The Morgan fingerprint density at radius 3 is 2.88 bits per heavy atom. The van der Waals surface area contributed by atoms with Crippen molar-refractivity contribution in [2.24, 2.45) is 17.3 Å². The second-order valence-electron chi connectivity index (χ2n) is 8.77. The molecule has 0 bridgehead atoms. The third-order valence-electron chi connectivity index (χ3n) is 6.86. The van der Waals surface area contributed by atoms with Gasteiger partial charge in [-0.25, -0.2) is 0 Å². The number of ether oxygens (including phenoxy) is 2. The highest BCUT2D eigenvalue weighted by Crippen LogP contribution is 2.69. The van der Waals surface area contributed by atoms with E-state index in [4.69, 9.17) is 13.9 Å². The molecule has 1 aromatic rings. The first-order valence-electron chi connectivity index (χ1n) is 9.33. The van der Waals surface area contributed by atoms with Crippen molar-refractivity contribution in [1.29, 1.82) is 0 Å². The van der Waals surface area contributed by atoms with Gasteiger partial charge in [-0.15, -0.1) is 0 Å². The molecule has 2 aliphatic carbocycles. The quantitative estimate of drug-likeness (QED) is 0.670. The number of aliphatic hydroxyl groups is 1. The van der Waals surface area contributed by atoms with E-state index in [1.165, 1.54) is 0 Å². The number of hydrogen-bond acceptors (Lipinski definition) is 5. The maximum absolute atomic E-state index is 12.5. The van der Waals surface area contributed by atoms with Crippen LogP contribution in [0.3, 0.4) is 0 Å². The summed E-state index contributed by atoms with van der Waals surface area (Å²) in [5, 5.41) is 10.6. The minimum absolute atomic E-state index is 0.00792. The molecule has 4 rings (SSSR count). The van der Waals surface area contributed by atoms with Crippen molar-refractivity contribution in [3.63, 3.8) is 0 Å². The summed E-state index contributed by atoms with van der Waals surface area (Å²) in [5.74, 6) is 0.866. The molecule has 6 atom stereocenters. The number of carbonyl (C=O) groups excluding carboxylic acids is 1. The van der Waals surface area contributed by atoms with E-state index in [0.29, 0.717) is 19.3 Å². The van der Waals surface area contributed by atoms with Crippen molar-refractivity contribution in [1.82, 2.24) is 0 Å². The van der Waals surface area contributed by atoms with Gasteiger partial charge >= 0.3 is 5.97 Å². The first-order chi connectivity index (χ1) is 11.7. The number of esters is 1. The van der Waals surface area contributed by atoms with E-state index in [-0.39, 0.29) is 23.9 Å². The van der Waals surface area contributed by atoms with Crippen molar-refractivity contribution in [3.05, 3.63) is 23.2 Å². The normalized spacial score (nSPS) is 41.7. The maximum atomic E-state index is 12.5. The summed E-state index contributed by atoms with van der Waals surface area (Å²) in [4.78, 5) is 12.5. The Kier molecular flexibility index (Phi) is 3.65. The van der Waals surface area contributed by atoms with Gasteiger partial charge in [-0.3, -0.25) is 4.79 Å². The van der Waals surface area contributed by atoms with Gasteiger partial charge in [0.1, 0.15) is 17.5 Å². The van der Waals surface area contributed by atoms with E-state index in [0.717, 1.165) is 16.9 Å². The van der Waals surface area contributed by atoms with Crippen LogP contribution in [0.15, 0.2) is 10.7 Å². The van der Waals surface area contributed by atoms with Gasteiger partial charge in [0.15, 0.2) is 0 Å². The Bertz CT molecular complexity index is 707. The summed E-state index contributed by atoms with van der Waals surface area (Å²) in [6.07, 6.45) is 2.55. The predicted molar refractivity (Wildman–Crippen MR) is 90.9 cm³/mol. The van der Waals surface area contributed by atoms with E-state index in [9.17, 15) is 9.90 Å². The Morgan fingerprint density at radius 1 is 1.48 bits per heavy atom. The molecule has 5 heteroatoms. The van der Waals surface area contributed by atoms with Crippen LogP contribution >= 0.6 is 0 Å². The van der Waals surface area contributed by atoms with Gasteiger partial charge in [0.05, 0.1) is 18.5 Å². The minimum atomic E-state index is -0.469. The largest absolute Gasteiger partial charge is 0.469 e. The van der Waals surface area contributed by atoms with E-state index in [1.54, 1.807) is 6.26 Å². The molecule has 1 aliphatic heterocycles. The molecule has 0 amide bonds. The molecule has 2 fully saturated rings. The van der Waals surface area contributed by atoms with Gasteiger partial charge in [0.25, 0.3) is 0 Å². The number of hydrogen-bond donors (Lipinski definition) is 1. The summed E-state index contributed by atoms with van der Waals surface area (Å²) >= 11 is 0. The van der Waals surface area contributed by atoms with Gasteiger partial charge in [-0.2, -0.15) is 0 Å². The summed E-state index contributed by atoms with van der Waals surface area (Å²) < 4.78 is 18.0. The number of aliphatic hydroxyl groups excluding tert-OH is 1. The summed E-state index contributed by atoms with van der Waals surface area (Å²) in [7, 11) is 0. The zero-order chi connectivity index (χ0) is 18.1. The first-order valence-corrected chi connectivity index (χ1v) is 9.33. The third kappa shape index (κ3) is 2.18. The molecular weight excluding hydrogens is 320 g/mol. The number of fused-ring (bicyclic) bond motifs is 1. The lowest BCUT2D eigenvalue weighted by Crippen LogP contribution is -2.58. The van der Waals surface area contributed by atoms with Gasteiger partial charge in [-0.05, 0) is 24.3 Å². The lowest BCUT2D eigenvalue weighted by molar-refractivity contribution is -0.176. The monoisotopic (exact) mass is 348 g/mol. The number of carbonyl (C=O) groups is 1. The molecular formula is C20H28O5. The number of rotatable bonds is 3. The van der Waals surface area contributed by atoms with E-state index >= 15 is 0 Å². The van der Waals surface area contributed by atoms with Gasteiger partial charge in [-0.1, -0.05) is 27.7 Å². The number of epoxide rings is 1. The highest BCUT2D eigenvalue weighted by atomic mass is 16.6. The standard InChI is InChI=1S/C20H28O5/c1-10(2)6-16(22)24-18-17-11(3)9-23-14(17)8-20-15(25-20)7-13(21)12(4)19(18,20)5/h9-10,12-13,15,18,21H,6-8H2,1-5H3. The first kappa shape index (κ1) is 17.1. The van der Waals surface area contributed by atoms with Crippen LogP contribution in [-0.4, -0.2) is 28.9 Å². The van der Waals surface area contributed by atoms with Crippen molar-refractivity contribution in [2.45, 2.75) is 77.8 Å². The van der Waals surface area contributed by atoms with Crippen LogP contribution in [0.2, 0.25) is 0 Å². The van der Waals surface area contributed by atoms with Crippen LogP contribution in [0.1, 0.15) is 63.5 Å². The van der Waals surface area contributed by atoms with Crippen molar-refractivity contribution in [3.8, 4) is 0 Å².